The van der Waals surface area contributed by atoms with Crippen molar-refractivity contribution in [2.24, 2.45) is 0 Å². The first-order chi connectivity index (χ1) is 6.88. The first kappa shape index (κ1) is 11.7. The Morgan fingerprint density at radius 2 is 2.13 bits per heavy atom. The third-order valence-corrected chi connectivity index (χ3v) is 1.87. The molecule has 0 saturated heterocycles. The lowest BCUT2D eigenvalue weighted by Gasteiger charge is -2.08. The Bertz CT molecular complexity index is 394. The van der Waals surface area contributed by atoms with Crippen LogP contribution >= 0.6 is 11.6 Å². The molecule has 0 saturated carbocycles. The molecule has 4 nitrogen and oxygen atoms in total. The molecule has 15 heavy (non-hydrogen) atoms. The van der Waals surface area contributed by atoms with Gasteiger partial charge in [0.05, 0.1) is 10.8 Å². The highest BCUT2D eigenvalue weighted by molar-refractivity contribution is 6.17. The molecule has 0 bridgehead atoms. The number of nitro groups is 1. The maximum Gasteiger partial charge on any atom is 0.423 e. The summed E-state index contributed by atoms with van der Waals surface area (Å²) < 4.78 is 37.0. The fourth-order valence-corrected chi connectivity index (χ4v) is 1.22. The Balaban J connectivity index is 3.46. The van der Waals surface area contributed by atoms with Crippen LogP contribution in [0.5, 0.6) is 0 Å². The highest BCUT2D eigenvalue weighted by atomic mass is 35.5. The molecule has 1 rings (SSSR count). The molecule has 1 heterocycles. The molecule has 0 aliphatic carbocycles. The Morgan fingerprint density at radius 1 is 1.53 bits per heavy atom. The van der Waals surface area contributed by atoms with Crippen molar-refractivity contribution in [1.82, 2.24) is 4.98 Å². The second-order valence-corrected chi connectivity index (χ2v) is 2.81. The monoisotopic (exact) mass is 240 g/mol. The molecule has 8 heteroatoms. The number of nitrogens with zero attached hydrogens (tertiary/aromatic N) is 2. The average molecular weight is 241 g/mol. The van der Waals surface area contributed by atoms with Gasteiger partial charge in [-0.1, -0.05) is 0 Å². The van der Waals surface area contributed by atoms with E-state index in [1.807, 2.05) is 0 Å². The number of rotatable bonds is 2. The predicted molar refractivity (Wildman–Crippen MR) is 45.5 cm³/mol. The lowest BCUT2D eigenvalue weighted by atomic mass is 10.2. The van der Waals surface area contributed by atoms with Gasteiger partial charge in [0.2, 0.25) is 0 Å². The zero-order valence-corrected chi connectivity index (χ0v) is 7.84. The van der Waals surface area contributed by atoms with Crippen molar-refractivity contribution < 1.29 is 18.1 Å². The molecule has 0 N–H and O–H groups in total. The van der Waals surface area contributed by atoms with E-state index in [4.69, 9.17) is 11.6 Å². The lowest BCUT2D eigenvalue weighted by molar-refractivity contribution is -0.389. The summed E-state index contributed by atoms with van der Waals surface area (Å²) in [6.45, 7) is 0. The van der Waals surface area contributed by atoms with Crippen LogP contribution < -0.4 is 0 Å². The van der Waals surface area contributed by atoms with Crippen LogP contribution in [0.2, 0.25) is 0 Å². The Hall–Kier alpha value is -1.37. The Labute approximate surface area is 86.8 Å². The van der Waals surface area contributed by atoms with E-state index in [1.54, 1.807) is 0 Å². The largest absolute Gasteiger partial charge is 0.423 e. The van der Waals surface area contributed by atoms with Crippen molar-refractivity contribution in [1.29, 1.82) is 0 Å². The number of hydrogen-bond donors (Lipinski definition) is 0. The van der Waals surface area contributed by atoms with E-state index in [1.165, 1.54) is 0 Å². The van der Waals surface area contributed by atoms with Crippen LogP contribution in [-0.2, 0) is 12.1 Å². The second kappa shape index (κ2) is 4.01. The molecule has 0 radical (unpaired) electrons. The van der Waals surface area contributed by atoms with Crippen molar-refractivity contribution in [3.8, 4) is 0 Å². The molecule has 0 aliphatic rings. The molecule has 0 atom stereocenters. The number of hydrogen-bond acceptors (Lipinski definition) is 3. The molecule has 0 spiro atoms. The number of pyridine rings is 1. The van der Waals surface area contributed by atoms with Crippen molar-refractivity contribution >= 4 is 17.3 Å². The van der Waals surface area contributed by atoms with E-state index in [2.05, 4.69) is 4.98 Å². The zero-order chi connectivity index (χ0) is 11.6. The van der Waals surface area contributed by atoms with Crippen LogP contribution in [0.1, 0.15) is 11.3 Å². The van der Waals surface area contributed by atoms with Gasteiger partial charge in [-0.2, -0.15) is 13.2 Å². The Morgan fingerprint density at radius 3 is 2.53 bits per heavy atom. The minimum Gasteiger partial charge on any atom is -0.258 e. The van der Waals surface area contributed by atoms with Crippen molar-refractivity contribution in [3.05, 3.63) is 33.6 Å². The van der Waals surface area contributed by atoms with Gasteiger partial charge in [-0.15, -0.1) is 11.6 Å². The predicted octanol–water partition coefficient (Wildman–Crippen LogP) is 2.75. The first-order valence-electron chi connectivity index (χ1n) is 3.63. The van der Waals surface area contributed by atoms with Crippen molar-refractivity contribution in [2.45, 2.75) is 12.1 Å². The van der Waals surface area contributed by atoms with E-state index in [0.29, 0.717) is 6.07 Å². The summed E-state index contributed by atoms with van der Waals surface area (Å²) in [6.07, 6.45) is -3.94. The van der Waals surface area contributed by atoms with E-state index in [-0.39, 0.29) is 0 Å². The van der Waals surface area contributed by atoms with Gasteiger partial charge in [0, 0.05) is 6.20 Å². The van der Waals surface area contributed by atoms with Crippen LogP contribution in [-0.4, -0.2) is 9.91 Å². The average Bonchev–Trinajstić information content (AvgIpc) is 2.15. The SMILES string of the molecule is O=[N+]([O-])c1c(C(F)(F)F)ccnc1CCl. The van der Waals surface area contributed by atoms with E-state index < -0.39 is 33.9 Å². The van der Waals surface area contributed by atoms with E-state index >= 15 is 0 Å². The minimum atomic E-state index is -4.79. The summed E-state index contributed by atoms with van der Waals surface area (Å²) >= 11 is 5.26. The van der Waals surface area contributed by atoms with Gasteiger partial charge in [0.15, 0.2) is 0 Å². The Kier molecular flexibility index (Phi) is 3.13. The number of alkyl halides is 4. The molecular formula is C7H4ClF3N2O2. The van der Waals surface area contributed by atoms with Crippen LogP contribution in [0, 0.1) is 10.1 Å². The van der Waals surface area contributed by atoms with Gasteiger partial charge in [-0.05, 0) is 6.07 Å². The van der Waals surface area contributed by atoms with Gasteiger partial charge in [-0.3, -0.25) is 15.1 Å². The summed E-state index contributed by atoms with van der Waals surface area (Å²) in [5, 5.41) is 10.5. The third kappa shape index (κ3) is 2.35. The normalized spacial score (nSPS) is 11.5. The zero-order valence-electron chi connectivity index (χ0n) is 7.08. The molecule has 82 valence electrons. The summed E-state index contributed by atoms with van der Waals surface area (Å²) in [4.78, 5) is 12.7. The van der Waals surface area contributed by atoms with Crippen LogP contribution in [0.4, 0.5) is 18.9 Å². The summed E-state index contributed by atoms with van der Waals surface area (Å²) in [5.74, 6) is -0.444. The van der Waals surface area contributed by atoms with Crippen LogP contribution in [0.25, 0.3) is 0 Å². The topological polar surface area (TPSA) is 56.0 Å². The molecular weight excluding hydrogens is 237 g/mol. The van der Waals surface area contributed by atoms with Gasteiger partial charge < -0.3 is 0 Å². The van der Waals surface area contributed by atoms with Crippen LogP contribution in [0.15, 0.2) is 12.3 Å². The molecule has 0 aliphatic heterocycles. The number of aromatic nitrogens is 1. The maximum atomic E-state index is 12.3. The van der Waals surface area contributed by atoms with Crippen LogP contribution in [0.3, 0.4) is 0 Å². The second-order valence-electron chi connectivity index (χ2n) is 2.54. The highest BCUT2D eigenvalue weighted by Crippen LogP contribution is 2.37. The quantitative estimate of drug-likeness (QED) is 0.454. The summed E-state index contributed by atoms with van der Waals surface area (Å²) in [6, 6.07) is 0.550. The van der Waals surface area contributed by atoms with E-state index in [0.717, 1.165) is 6.20 Å². The van der Waals surface area contributed by atoms with Gasteiger partial charge in [-0.25, -0.2) is 0 Å². The van der Waals surface area contributed by atoms with Gasteiger partial charge >= 0.3 is 11.9 Å². The standard InChI is InChI=1S/C7H4ClF3N2O2/c8-3-5-6(13(14)15)4(1-2-12-5)7(9,10)11/h1-2H,3H2. The molecule has 0 aromatic carbocycles. The van der Waals surface area contributed by atoms with Gasteiger partial charge in [0.1, 0.15) is 11.3 Å². The molecule has 0 fully saturated rings. The fraction of sp³-hybridized carbons (Fsp3) is 0.286. The molecule has 1 aromatic heterocycles. The molecule has 0 amide bonds. The van der Waals surface area contributed by atoms with Gasteiger partial charge in [0.25, 0.3) is 0 Å². The minimum absolute atomic E-state index is 0.392. The number of halogens is 4. The van der Waals surface area contributed by atoms with Crippen molar-refractivity contribution in [2.75, 3.05) is 0 Å². The third-order valence-electron chi connectivity index (χ3n) is 1.61. The summed E-state index contributed by atoms with van der Waals surface area (Å²) in [7, 11) is 0. The maximum absolute atomic E-state index is 12.3. The summed E-state index contributed by atoms with van der Waals surface area (Å²) in [5.41, 5.74) is -2.81. The van der Waals surface area contributed by atoms with E-state index in [9.17, 15) is 23.3 Å². The molecule has 1 aromatic rings. The first-order valence-corrected chi connectivity index (χ1v) is 4.16. The highest BCUT2D eigenvalue weighted by Gasteiger charge is 2.39. The fourth-order valence-electron chi connectivity index (χ4n) is 1.03. The van der Waals surface area contributed by atoms with Crippen molar-refractivity contribution in [3.63, 3.8) is 0 Å². The molecule has 0 unspecified atom stereocenters. The lowest BCUT2D eigenvalue weighted by Crippen LogP contribution is -2.11. The smallest absolute Gasteiger partial charge is 0.258 e.